The Morgan fingerprint density at radius 2 is 1.36 bits per heavy atom. The molecule has 10 heteroatoms. The van der Waals surface area contributed by atoms with Gasteiger partial charge in [-0.1, -0.05) is 102 Å². The third kappa shape index (κ3) is 7.70. The highest BCUT2D eigenvalue weighted by atomic mass is 35.5. The van der Waals surface area contributed by atoms with E-state index in [0.717, 1.165) is 21.0 Å². The Kier molecular flexibility index (Phi) is 10.3. The predicted octanol–water partition coefficient (Wildman–Crippen LogP) is 5.88. The Morgan fingerprint density at radius 3 is 1.90 bits per heavy atom. The average molecular weight is 625 g/mol. The van der Waals surface area contributed by atoms with Crippen molar-refractivity contribution >= 4 is 50.7 Å². The van der Waals surface area contributed by atoms with E-state index in [1.165, 1.54) is 42.3 Å². The normalized spacial score (nSPS) is 11.9. The van der Waals surface area contributed by atoms with Gasteiger partial charge < -0.3 is 10.2 Å². The molecular weight excluding hydrogens is 593 g/mol. The van der Waals surface area contributed by atoms with Gasteiger partial charge in [-0.3, -0.25) is 13.9 Å². The van der Waals surface area contributed by atoms with Crippen LogP contribution >= 0.6 is 23.2 Å². The molecule has 0 radical (unpaired) electrons. The molecule has 0 aromatic heterocycles. The smallest absolute Gasteiger partial charge is 0.264 e. The molecule has 0 aliphatic carbocycles. The number of sulfonamides is 1. The van der Waals surface area contributed by atoms with Crippen LogP contribution < -0.4 is 9.62 Å². The number of nitrogens with zero attached hydrogens (tertiary/aromatic N) is 2. The lowest BCUT2D eigenvalue weighted by Gasteiger charge is -2.33. The molecule has 4 aromatic rings. The van der Waals surface area contributed by atoms with Gasteiger partial charge >= 0.3 is 0 Å². The van der Waals surface area contributed by atoms with Gasteiger partial charge in [-0.15, -0.1) is 0 Å². The molecule has 218 valence electrons. The average Bonchev–Trinajstić information content (AvgIpc) is 2.97. The first kappa shape index (κ1) is 31.1. The van der Waals surface area contributed by atoms with Gasteiger partial charge in [0, 0.05) is 30.1 Å². The number of nitrogens with one attached hydrogen (secondary N) is 1. The number of hydrogen-bond acceptors (Lipinski definition) is 4. The molecule has 0 saturated heterocycles. The van der Waals surface area contributed by atoms with E-state index in [-0.39, 0.29) is 39.5 Å². The molecule has 4 rings (SSSR count). The van der Waals surface area contributed by atoms with Gasteiger partial charge in [-0.25, -0.2) is 8.42 Å². The van der Waals surface area contributed by atoms with E-state index in [4.69, 9.17) is 23.2 Å². The van der Waals surface area contributed by atoms with Gasteiger partial charge in [0.1, 0.15) is 12.6 Å². The second kappa shape index (κ2) is 13.9. The second-order valence-electron chi connectivity index (χ2n) is 9.78. The number of rotatable bonds is 11. The van der Waals surface area contributed by atoms with Crippen LogP contribution in [-0.4, -0.2) is 44.8 Å². The summed E-state index contributed by atoms with van der Waals surface area (Å²) in [5, 5.41) is 3.09. The van der Waals surface area contributed by atoms with Crippen molar-refractivity contribution < 1.29 is 18.0 Å². The molecule has 0 bridgehead atoms. The molecule has 42 heavy (non-hydrogen) atoms. The van der Waals surface area contributed by atoms with Crippen LogP contribution in [0.25, 0.3) is 0 Å². The quantitative estimate of drug-likeness (QED) is 0.226. The number of amides is 2. The summed E-state index contributed by atoms with van der Waals surface area (Å²) in [5.41, 5.74) is 2.64. The Balaban J connectivity index is 1.80. The fourth-order valence-corrected chi connectivity index (χ4v) is 6.46. The van der Waals surface area contributed by atoms with Crippen LogP contribution in [0.2, 0.25) is 10.0 Å². The topological polar surface area (TPSA) is 86.8 Å². The third-order valence-electron chi connectivity index (χ3n) is 6.74. The first-order chi connectivity index (χ1) is 20.1. The summed E-state index contributed by atoms with van der Waals surface area (Å²) in [4.78, 5) is 29.0. The van der Waals surface area contributed by atoms with E-state index < -0.39 is 28.5 Å². The van der Waals surface area contributed by atoms with Crippen LogP contribution in [0.1, 0.15) is 16.7 Å². The molecule has 0 aliphatic rings. The van der Waals surface area contributed by atoms with Crippen molar-refractivity contribution in [3.8, 4) is 0 Å². The first-order valence-electron chi connectivity index (χ1n) is 13.2. The van der Waals surface area contributed by atoms with E-state index in [2.05, 4.69) is 5.32 Å². The Labute approximate surface area is 256 Å². The van der Waals surface area contributed by atoms with Crippen molar-refractivity contribution in [3.05, 3.63) is 130 Å². The standard InChI is InChI=1S/C32H31Cl2N3O4S/c1-23-13-15-29(16-14-23)42(40,41)37(28-19-26(33)18-27(34)20-28)22-31(38)36(21-25-11-7-4-8-12-25)30(32(39)35-2)17-24-9-5-3-6-10-24/h3-16,18-20,30H,17,21-22H2,1-2H3,(H,35,39)/t30-/m0/s1. The third-order valence-corrected chi connectivity index (χ3v) is 8.96. The van der Waals surface area contributed by atoms with Crippen LogP contribution in [0, 0.1) is 6.92 Å². The van der Waals surface area contributed by atoms with Crippen LogP contribution in [0.4, 0.5) is 5.69 Å². The Hall–Kier alpha value is -3.85. The lowest BCUT2D eigenvalue weighted by molar-refractivity contribution is -0.139. The molecule has 4 aromatic carbocycles. The summed E-state index contributed by atoms with van der Waals surface area (Å²) in [6, 6.07) is 28.3. The van der Waals surface area contributed by atoms with Crippen molar-refractivity contribution in [1.29, 1.82) is 0 Å². The van der Waals surface area contributed by atoms with E-state index in [9.17, 15) is 18.0 Å². The van der Waals surface area contributed by atoms with E-state index in [1.54, 1.807) is 12.1 Å². The maximum Gasteiger partial charge on any atom is 0.264 e. The lowest BCUT2D eigenvalue weighted by atomic mass is 10.0. The Morgan fingerprint density at radius 1 is 0.810 bits per heavy atom. The molecule has 1 N–H and O–H groups in total. The zero-order chi connectivity index (χ0) is 30.3. The van der Waals surface area contributed by atoms with Gasteiger partial charge in [-0.05, 0) is 48.4 Å². The minimum Gasteiger partial charge on any atom is -0.357 e. The highest BCUT2D eigenvalue weighted by Crippen LogP contribution is 2.30. The number of halogens is 2. The fourth-order valence-electron chi connectivity index (χ4n) is 4.55. The lowest BCUT2D eigenvalue weighted by Crippen LogP contribution is -2.53. The molecule has 0 saturated carbocycles. The van der Waals surface area contributed by atoms with Crippen LogP contribution in [0.15, 0.2) is 108 Å². The molecule has 0 unspecified atom stereocenters. The summed E-state index contributed by atoms with van der Waals surface area (Å²) in [7, 11) is -2.74. The zero-order valence-electron chi connectivity index (χ0n) is 23.2. The second-order valence-corrected chi connectivity index (χ2v) is 12.5. The number of benzene rings is 4. The van der Waals surface area contributed by atoms with Crippen molar-refractivity contribution in [2.75, 3.05) is 17.9 Å². The number of aryl methyl sites for hydroxylation is 1. The minimum atomic E-state index is -4.25. The SMILES string of the molecule is CNC(=O)[C@H](Cc1ccccc1)N(Cc1ccccc1)C(=O)CN(c1cc(Cl)cc(Cl)c1)S(=O)(=O)c1ccc(C)cc1. The van der Waals surface area contributed by atoms with Crippen molar-refractivity contribution in [2.24, 2.45) is 0 Å². The van der Waals surface area contributed by atoms with Gasteiger partial charge in [0.25, 0.3) is 10.0 Å². The molecule has 0 heterocycles. The molecular formula is C32H31Cl2N3O4S. The monoisotopic (exact) mass is 623 g/mol. The summed E-state index contributed by atoms with van der Waals surface area (Å²) in [6.07, 6.45) is 0.229. The molecule has 0 fully saturated rings. The number of carbonyl (C=O) groups is 2. The summed E-state index contributed by atoms with van der Waals surface area (Å²) >= 11 is 12.5. The van der Waals surface area contributed by atoms with Gasteiger partial charge in [0.2, 0.25) is 11.8 Å². The molecule has 7 nitrogen and oxygen atoms in total. The molecule has 1 atom stereocenters. The molecule has 2 amide bonds. The number of hydrogen-bond donors (Lipinski definition) is 1. The van der Waals surface area contributed by atoms with E-state index >= 15 is 0 Å². The summed E-state index contributed by atoms with van der Waals surface area (Å²) in [5.74, 6) is -0.947. The van der Waals surface area contributed by atoms with Crippen molar-refractivity contribution in [3.63, 3.8) is 0 Å². The molecule has 0 spiro atoms. The van der Waals surface area contributed by atoms with Gasteiger partial charge in [0.15, 0.2) is 0 Å². The van der Waals surface area contributed by atoms with E-state index in [0.29, 0.717) is 0 Å². The largest absolute Gasteiger partial charge is 0.357 e. The summed E-state index contributed by atoms with van der Waals surface area (Å²) < 4.78 is 29.0. The van der Waals surface area contributed by atoms with Crippen LogP contribution in [-0.2, 0) is 32.6 Å². The highest BCUT2D eigenvalue weighted by Gasteiger charge is 2.34. The number of carbonyl (C=O) groups excluding carboxylic acids is 2. The van der Waals surface area contributed by atoms with Crippen molar-refractivity contribution in [2.45, 2.75) is 30.8 Å². The van der Waals surface area contributed by atoms with Crippen molar-refractivity contribution in [1.82, 2.24) is 10.2 Å². The zero-order valence-corrected chi connectivity index (χ0v) is 25.5. The van der Waals surface area contributed by atoms with Crippen LogP contribution in [0.5, 0.6) is 0 Å². The van der Waals surface area contributed by atoms with Gasteiger partial charge in [0.05, 0.1) is 10.6 Å². The summed E-state index contributed by atoms with van der Waals surface area (Å²) in [6.45, 7) is 1.34. The maximum atomic E-state index is 14.3. The highest BCUT2D eigenvalue weighted by molar-refractivity contribution is 7.92. The fraction of sp³-hybridized carbons (Fsp3) is 0.188. The first-order valence-corrected chi connectivity index (χ1v) is 15.4. The molecule has 0 aliphatic heterocycles. The number of anilines is 1. The van der Waals surface area contributed by atoms with Gasteiger partial charge in [-0.2, -0.15) is 0 Å². The van der Waals surface area contributed by atoms with E-state index in [1.807, 2.05) is 67.6 Å². The maximum absolute atomic E-state index is 14.3. The minimum absolute atomic E-state index is 0.00116. The van der Waals surface area contributed by atoms with Crippen LogP contribution in [0.3, 0.4) is 0 Å². The predicted molar refractivity (Wildman–Crippen MR) is 167 cm³/mol. The Bertz CT molecular complexity index is 1610. The number of likely N-dealkylation sites (N-methyl/N-ethyl adjacent to an activating group) is 1.